The summed E-state index contributed by atoms with van der Waals surface area (Å²) in [5.41, 5.74) is 7.83. The zero-order valence-electron chi connectivity index (χ0n) is 15.5. The lowest BCUT2D eigenvalue weighted by atomic mass is 10.1. The van der Waals surface area contributed by atoms with E-state index in [2.05, 4.69) is 34.1 Å². The molecule has 0 amide bonds. The molecule has 0 spiro atoms. The van der Waals surface area contributed by atoms with E-state index in [1.54, 1.807) is 35.4 Å². The van der Waals surface area contributed by atoms with E-state index in [4.69, 9.17) is 10.5 Å². The molecule has 142 valence electrons. The SMILES string of the molecule is CC(C)Cn1cc(N=C/C(=C\N)c2cnc(NC3COC3)nc2)ccc1=O. The van der Waals surface area contributed by atoms with Crippen molar-refractivity contribution in [2.75, 3.05) is 18.5 Å². The zero-order chi connectivity index (χ0) is 19.2. The highest BCUT2D eigenvalue weighted by Gasteiger charge is 2.18. The number of pyridine rings is 1. The Morgan fingerprint density at radius 3 is 2.74 bits per heavy atom. The molecule has 8 nitrogen and oxygen atoms in total. The van der Waals surface area contributed by atoms with Crippen molar-refractivity contribution < 1.29 is 4.74 Å². The summed E-state index contributed by atoms with van der Waals surface area (Å²) in [6, 6.07) is 3.48. The van der Waals surface area contributed by atoms with Gasteiger partial charge in [0.15, 0.2) is 0 Å². The van der Waals surface area contributed by atoms with Crippen LogP contribution in [0.2, 0.25) is 0 Å². The smallest absolute Gasteiger partial charge is 0.250 e. The van der Waals surface area contributed by atoms with E-state index < -0.39 is 0 Å². The topological polar surface area (TPSA) is 107 Å². The van der Waals surface area contributed by atoms with Crippen LogP contribution >= 0.6 is 0 Å². The molecule has 1 saturated heterocycles. The summed E-state index contributed by atoms with van der Waals surface area (Å²) in [7, 11) is 0. The lowest BCUT2D eigenvalue weighted by Gasteiger charge is -2.26. The highest BCUT2D eigenvalue weighted by atomic mass is 16.5. The van der Waals surface area contributed by atoms with Gasteiger partial charge in [-0.2, -0.15) is 0 Å². The average molecular weight is 368 g/mol. The quantitative estimate of drug-likeness (QED) is 0.722. The third kappa shape index (κ3) is 5.01. The Kier molecular flexibility index (Phi) is 5.97. The van der Waals surface area contributed by atoms with Crippen LogP contribution in [0, 0.1) is 5.92 Å². The van der Waals surface area contributed by atoms with Gasteiger partial charge < -0.3 is 20.4 Å². The average Bonchev–Trinajstić information content (AvgIpc) is 2.62. The first-order valence-electron chi connectivity index (χ1n) is 8.88. The van der Waals surface area contributed by atoms with E-state index in [0.29, 0.717) is 42.9 Å². The zero-order valence-corrected chi connectivity index (χ0v) is 15.5. The maximum atomic E-state index is 11.9. The van der Waals surface area contributed by atoms with Crippen LogP contribution in [0.3, 0.4) is 0 Å². The minimum atomic E-state index is -0.0365. The fourth-order valence-corrected chi connectivity index (χ4v) is 2.54. The van der Waals surface area contributed by atoms with Gasteiger partial charge in [-0.3, -0.25) is 9.79 Å². The summed E-state index contributed by atoms with van der Waals surface area (Å²) in [4.78, 5) is 24.9. The van der Waals surface area contributed by atoms with E-state index >= 15 is 0 Å². The lowest BCUT2D eigenvalue weighted by Crippen LogP contribution is -2.40. The number of nitrogens with two attached hydrogens (primary N) is 1. The molecule has 0 saturated carbocycles. The van der Waals surface area contributed by atoms with Crippen molar-refractivity contribution in [3.05, 3.63) is 52.8 Å². The number of hydrogen-bond acceptors (Lipinski definition) is 7. The predicted molar refractivity (Wildman–Crippen MR) is 106 cm³/mol. The fourth-order valence-electron chi connectivity index (χ4n) is 2.54. The third-order valence-electron chi connectivity index (χ3n) is 4.02. The van der Waals surface area contributed by atoms with Crippen LogP contribution in [-0.4, -0.2) is 40.0 Å². The molecular weight excluding hydrogens is 344 g/mol. The monoisotopic (exact) mass is 368 g/mol. The summed E-state index contributed by atoms with van der Waals surface area (Å²) in [6.07, 6.45) is 8.24. The molecule has 0 aromatic carbocycles. The Labute approximate surface area is 157 Å². The number of aromatic nitrogens is 3. The second-order valence-corrected chi connectivity index (χ2v) is 6.83. The number of anilines is 1. The van der Waals surface area contributed by atoms with E-state index in [1.807, 2.05) is 0 Å². The van der Waals surface area contributed by atoms with Gasteiger partial charge >= 0.3 is 0 Å². The highest BCUT2D eigenvalue weighted by molar-refractivity contribution is 6.10. The van der Waals surface area contributed by atoms with Crippen molar-refractivity contribution >= 4 is 23.4 Å². The van der Waals surface area contributed by atoms with E-state index in [0.717, 1.165) is 5.56 Å². The molecule has 0 aliphatic carbocycles. The van der Waals surface area contributed by atoms with Gasteiger partial charge in [0, 0.05) is 54.8 Å². The Morgan fingerprint density at radius 1 is 1.41 bits per heavy atom. The molecule has 3 N–H and O–H groups in total. The summed E-state index contributed by atoms with van der Waals surface area (Å²) >= 11 is 0. The Hall–Kier alpha value is -3.00. The molecule has 3 heterocycles. The minimum absolute atomic E-state index is 0.0365. The Balaban J connectivity index is 1.71. The first-order valence-corrected chi connectivity index (χ1v) is 8.88. The molecule has 0 atom stereocenters. The van der Waals surface area contributed by atoms with E-state index in [1.165, 1.54) is 12.3 Å². The molecule has 2 aromatic heterocycles. The van der Waals surface area contributed by atoms with Crippen LogP contribution in [0.4, 0.5) is 11.6 Å². The predicted octanol–water partition coefficient (Wildman–Crippen LogP) is 1.81. The molecule has 27 heavy (non-hydrogen) atoms. The van der Waals surface area contributed by atoms with Crippen LogP contribution < -0.4 is 16.6 Å². The molecule has 8 heteroatoms. The lowest BCUT2D eigenvalue weighted by molar-refractivity contribution is 0.0208. The van der Waals surface area contributed by atoms with Crippen molar-refractivity contribution in [3.8, 4) is 0 Å². The van der Waals surface area contributed by atoms with Gasteiger partial charge in [-0.25, -0.2) is 9.97 Å². The highest BCUT2D eigenvalue weighted by Crippen LogP contribution is 2.15. The fraction of sp³-hybridized carbons (Fsp3) is 0.368. The molecule has 0 bridgehead atoms. The first kappa shape index (κ1) is 18.8. The van der Waals surface area contributed by atoms with Crippen molar-refractivity contribution in [2.24, 2.45) is 16.6 Å². The number of ether oxygens (including phenoxy) is 1. The molecular formula is C19H24N6O2. The van der Waals surface area contributed by atoms with Crippen LogP contribution in [0.25, 0.3) is 5.57 Å². The molecule has 1 aliphatic rings. The standard InChI is InChI=1S/C19H24N6O2/c1-13(2)9-25-10-16(3-4-18(25)26)21-6-14(5-20)15-7-22-19(23-8-15)24-17-11-27-12-17/h3-8,10,13,17H,9,11-12,20H2,1-2H3,(H,22,23,24)/b14-5+,21-6?. The van der Waals surface area contributed by atoms with E-state index in [9.17, 15) is 4.79 Å². The summed E-state index contributed by atoms with van der Waals surface area (Å²) < 4.78 is 6.78. The maximum Gasteiger partial charge on any atom is 0.250 e. The van der Waals surface area contributed by atoms with Crippen molar-refractivity contribution in [1.82, 2.24) is 14.5 Å². The number of nitrogens with one attached hydrogen (secondary N) is 1. The van der Waals surface area contributed by atoms with Crippen molar-refractivity contribution in [3.63, 3.8) is 0 Å². The normalized spacial score (nSPS) is 15.3. The number of hydrogen-bond donors (Lipinski definition) is 2. The molecule has 1 fully saturated rings. The van der Waals surface area contributed by atoms with Gasteiger partial charge in [0.1, 0.15) is 0 Å². The summed E-state index contributed by atoms with van der Waals surface area (Å²) in [5, 5.41) is 3.18. The van der Waals surface area contributed by atoms with Gasteiger partial charge in [0.05, 0.1) is 24.9 Å². The number of rotatable bonds is 7. The molecule has 1 aliphatic heterocycles. The van der Waals surface area contributed by atoms with Crippen LogP contribution in [0.1, 0.15) is 19.4 Å². The van der Waals surface area contributed by atoms with Gasteiger partial charge in [0.2, 0.25) is 5.95 Å². The van der Waals surface area contributed by atoms with Crippen molar-refractivity contribution in [2.45, 2.75) is 26.4 Å². The van der Waals surface area contributed by atoms with Gasteiger partial charge in [-0.1, -0.05) is 13.8 Å². The van der Waals surface area contributed by atoms with Gasteiger partial charge in [-0.05, 0) is 12.0 Å². The summed E-state index contributed by atoms with van der Waals surface area (Å²) in [6.45, 7) is 6.12. The number of allylic oxidation sites excluding steroid dienone is 1. The Bertz CT molecular complexity index is 882. The first-order chi connectivity index (χ1) is 13.0. The molecule has 3 rings (SSSR count). The second-order valence-electron chi connectivity index (χ2n) is 6.83. The molecule has 0 unspecified atom stereocenters. The van der Waals surface area contributed by atoms with Crippen LogP contribution in [0.15, 0.2) is 46.7 Å². The van der Waals surface area contributed by atoms with Gasteiger partial charge in [0.25, 0.3) is 5.56 Å². The van der Waals surface area contributed by atoms with Gasteiger partial charge in [-0.15, -0.1) is 0 Å². The van der Waals surface area contributed by atoms with Crippen molar-refractivity contribution in [1.29, 1.82) is 0 Å². The second kappa shape index (κ2) is 8.59. The largest absolute Gasteiger partial charge is 0.404 e. The Morgan fingerprint density at radius 2 is 2.15 bits per heavy atom. The number of nitrogens with zero attached hydrogens (tertiary/aromatic N) is 4. The van der Waals surface area contributed by atoms with E-state index in [-0.39, 0.29) is 11.6 Å². The summed E-state index contributed by atoms with van der Waals surface area (Å²) in [5.74, 6) is 0.929. The molecule has 0 radical (unpaired) electrons. The maximum absolute atomic E-state index is 11.9. The minimum Gasteiger partial charge on any atom is -0.404 e. The van der Waals surface area contributed by atoms with Crippen LogP contribution in [0.5, 0.6) is 0 Å². The number of aliphatic imine (C=N–C) groups is 1. The molecule has 2 aromatic rings. The third-order valence-corrected chi connectivity index (χ3v) is 4.02. The van der Waals surface area contributed by atoms with Crippen LogP contribution in [-0.2, 0) is 11.3 Å².